The van der Waals surface area contributed by atoms with Crippen molar-refractivity contribution < 1.29 is 0 Å². The lowest BCUT2D eigenvalue weighted by Gasteiger charge is -2.31. The van der Waals surface area contributed by atoms with Crippen LogP contribution in [0.2, 0.25) is 18.1 Å². The SMILES string of the molecule is CC[Si]1(Cl)CCC1. The van der Waals surface area contributed by atoms with Gasteiger partial charge in [0.15, 0.2) is 7.38 Å². The second kappa shape index (κ2) is 1.79. The van der Waals surface area contributed by atoms with Gasteiger partial charge in [0.25, 0.3) is 0 Å². The van der Waals surface area contributed by atoms with Gasteiger partial charge in [0.05, 0.1) is 0 Å². The van der Waals surface area contributed by atoms with E-state index in [1.165, 1.54) is 24.6 Å². The van der Waals surface area contributed by atoms with Crippen LogP contribution in [0.3, 0.4) is 0 Å². The van der Waals surface area contributed by atoms with Gasteiger partial charge >= 0.3 is 0 Å². The Bertz CT molecular complexity index is 63.0. The molecule has 0 aromatic carbocycles. The Hall–Kier alpha value is 0.507. The second-order valence-electron chi connectivity index (χ2n) is 2.36. The zero-order valence-electron chi connectivity index (χ0n) is 4.71. The van der Waals surface area contributed by atoms with Crippen LogP contribution < -0.4 is 0 Å². The van der Waals surface area contributed by atoms with Crippen LogP contribution in [0.4, 0.5) is 0 Å². The summed E-state index contributed by atoms with van der Waals surface area (Å²) >= 11 is 6.13. The highest BCUT2D eigenvalue weighted by Crippen LogP contribution is 2.38. The molecule has 1 aliphatic heterocycles. The molecule has 0 spiro atoms. The molecule has 1 rings (SSSR count). The summed E-state index contributed by atoms with van der Waals surface area (Å²) in [6.45, 7) is 2.22. The topological polar surface area (TPSA) is 0 Å². The van der Waals surface area contributed by atoms with Gasteiger partial charge in [-0.2, -0.15) is 11.1 Å². The molecule has 7 heavy (non-hydrogen) atoms. The molecule has 0 nitrogen and oxygen atoms in total. The third-order valence-electron chi connectivity index (χ3n) is 1.88. The molecule has 0 N–H and O–H groups in total. The highest BCUT2D eigenvalue weighted by molar-refractivity contribution is 7.21. The van der Waals surface area contributed by atoms with Crippen molar-refractivity contribution >= 4 is 18.5 Å². The molecular formula is C5H11ClSi. The predicted molar refractivity (Wildman–Crippen MR) is 36.3 cm³/mol. The summed E-state index contributed by atoms with van der Waals surface area (Å²) in [4.78, 5) is 0. The Kier molecular flexibility index (Phi) is 1.44. The molecule has 1 saturated heterocycles. The van der Waals surface area contributed by atoms with Crippen LogP contribution in [0.25, 0.3) is 0 Å². The molecule has 0 radical (unpaired) electrons. The molecule has 0 bridgehead atoms. The summed E-state index contributed by atoms with van der Waals surface area (Å²) in [5.41, 5.74) is 0. The van der Waals surface area contributed by atoms with Gasteiger partial charge in [-0.1, -0.05) is 13.3 Å². The monoisotopic (exact) mass is 134 g/mol. The van der Waals surface area contributed by atoms with Gasteiger partial charge in [-0.3, -0.25) is 0 Å². The van der Waals surface area contributed by atoms with Crippen molar-refractivity contribution in [2.24, 2.45) is 0 Å². The van der Waals surface area contributed by atoms with E-state index in [1.807, 2.05) is 0 Å². The Morgan fingerprint density at radius 1 is 1.57 bits per heavy atom. The normalized spacial score (nSPS) is 26.6. The molecule has 0 aliphatic carbocycles. The van der Waals surface area contributed by atoms with E-state index in [1.54, 1.807) is 0 Å². The fourth-order valence-electron chi connectivity index (χ4n) is 0.914. The zero-order valence-corrected chi connectivity index (χ0v) is 6.46. The molecule has 0 aromatic rings. The molecule has 0 saturated carbocycles. The van der Waals surface area contributed by atoms with Gasteiger partial charge in [0.2, 0.25) is 0 Å². The smallest absolute Gasteiger partial charge is 0.156 e. The minimum atomic E-state index is -0.998. The third-order valence-corrected chi connectivity index (χ3v) is 7.59. The number of halogens is 1. The van der Waals surface area contributed by atoms with Crippen molar-refractivity contribution in [2.75, 3.05) is 0 Å². The first-order valence-corrected chi connectivity index (χ1v) is 6.59. The van der Waals surface area contributed by atoms with Crippen molar-refractivity contribution in [3.63, 3.8) is 0 Å². The Labute approximate surface area is 50.6 Å². The maximum atomic E-state index is 6.13. The van der Waals surface area contributed by atoms with Gasteiger partial charge in [-0.25, -0.2) is 0 Å². The van der Waals surface area contributed by atoms with Gasteiger partial charge in [-0.05, 0) is 18.1 Å². The maximum Gasteiger partial charge on any atom is 0.156 e. The summed E-state index contributed by atoms with van der Waals surface area (Å²) in [7, 11) is -0.998. The van der Waals surface area contributed by atoms with E-state index in [2.05, 4.69) is 6.92 Å². The predicted octanol–water partition coefficient (Wildman–Crippen LogP) is 2.59. The van der Waals surface area contributed by atoms with Crippen molar-refractivity contribution in [2.45, 2.75) is 31.5 Å². The van der Waals surface area contributed by atoms with E-state index in [0.717, 1.165) is 0 Å². The van der Waals surface area contributed by atoms with E-state index in [9.17, 15) is 0 Å². The first-order chi connectivity index (χ1) is 3.27. The van der Waals surface area contributed by atoms with Crippen LogP contribution in [0.15, 0.2) is 0 Å². The van der Waals surface area contributed by atoms with E-state index >= 15 is 0 Å². The second-order valence-corrected chi connectivity index (χ2v) is 8.77. The first-order valence-electron chi connectivity index (χ1n) is 2.96. The van der Waals surface area contributed by atoms with Crippen LogP contribution in [-0.2, 0) is 0 Å². The first kappa shape index (κ1) is 5.64. The van der Waals surface area contributed by atoms with Crippen LogP contribution in [0.5, 0.6) is 0 Å². The molecular weight excluding hydrogens is 124 g/mol. The highest BCUT2D eigenvalue weighted by Gasteiger charge is 2.35. The largest absolute Gasteiger partial charge is 0.167 e. The van der Waals surface area contributed by atoms with Crippen molar-refractivity contribution in [3.8, 4) is 0 Å². The minimum Gasteiger partial charge on any atom is -0.167 e. The molecule has 0 amide bonds. The van der Waals surface area contributed by atoms with Crippen LogP contribution in [-0.4, -0.2) is 7.38 Å². The maximum absolute atomic E-state index is 6.13. The van der Waals surface area contributed by atoms with Crippen LogP contribution in [0.1, 0.15) is 13.3 Å². The molecule has 1 fully saturated rings. The van der Waals surface area contributed by atoms with E-state index in [-0.39, 0.29) is 0 Å². The molecule has 1 heterocycles. The summed E-state index contributed by atoms with van der Waals surface area (Å²) in [6, 6.07) is 4.05. The zero-order chi connectivity index (χ0) is 5.33. The number of rotatable bonds is 1. The van der Waals surface area contributed by atoms with Crippen LogP contribution >= 0.6 is 11.1 Å². The lowest BCUT2D eigenvalue weighted by molar-refractivity contribution is 0.910. The van der Waals surface area contributed by atoms with Crippen molar-refractivity contribution in [1.82, 2.24) is 0 Å². The molecule has 0 atom stereocenters. The molecule has 42 valence electrons. The summed E-state index contributed by atoms with van der Waals surface area (Å²) in [6.07, 6.45) is 1.41. The van der Waals surface area contributed by atoms with Gasteiger partial charge in [0.1, 0.15) is 0 Å². The van der Waals surface area contributed by atoms with Crippen LogP contribution in [0, 0.1) is 0 Å². The van der Waals surface area contributed by atoms with Gasteiger partial charge < -0.3 is 0 Å². The fraction of sp³-hybridized carbons (Fsp3) is 1.00. The summed E-state index contributed by atoms with van der Waals surface area (Å²) < 4.78 is 0. The third kappa shape index (κ3) is 0.998. The fourth-order valence-corrected chi connectivity index (χ4v) is 3.54. The molecule has 0 aromatic heterocycles. The van der Waals surface area contributed by atoms with Crippen molar-refractivity contribution in [3.05, 3.63) is 0 Å². The Balaban J connectivity index is 2.29. The molecule has 1 aliphatic rings. The number of hydrogen-bond acceptors (Lipinski definition) is 0. The summed E-state index contributed by atoms with van der Waals surface area (Å²) in [5.74, 6) is 0. The van der Waals surface area contributed by atoms with E-state index in [0.29, 0.717) is 0 Å². The Morgan fingerprint density at radius 2 is 2.14 bits per heavy atom. The van der Waals surface area contributed by atoms with Gasteiger partial charge in [-0.15, -0.1) is 0 Å². The average molecular weight is 135 g/mol. The lowest BCUT2D eigenvalue weighted by Crippen LogP contribution is -2.33. The van der Waals surface area contributed by atoms with E-state index < -0.39 is 7.38 Å². The molecule has 2 heteroatoms. The minimum absolute atomic E-state index is 0.998. The lowest BCUT2D eigenvalue weighted by atomic mass is 10.5. The molecule has 0 unspecified atom stereocenters. The van der Waals surface area contributed by atoms with Crippen molar-refractivity contribution in [1.29, 1.82) is 0 Å². The van der Waals surface area contributed by atoms with Gasteiger partial charge in [0, 0.05) is 0 Å². The quantitative estimate of drug-likeness (QED) is 0.382. The highest BCUT2D eigenvalue weighted by atomic mass is 35.6. The van der Waals surface area contributed by atoms with E-state index in [4.69, 9.17) is 11.1 Å². The standard InChI is InChI=1S/C5H11ClSi/c1-2-7(6)4-3-5-7/h2-5H2,1H3. The average Bonchev–Trinajstić information content (AvgIpc) is 1.61. The Morgan fingerprint density at radius 3 is 2.14 bits per heavy atom. The number of hydrogen-bond donors (Lipinski definition) is 0. The summed E-state index contributed by atoms with van der Waals surface area (Å²) in [5, 5.41) is 0.